The molecule has 0 aliphatic heterocycles. The van der Waals surface area contributed by atoms with Crippen LogP contribution < -0.4 is 5.32 Å². The predicted octanol–water partition coefficient (Wildman–Crippen LogP) is 3.39. The minimum Gasteiger partial charge on any atom is -0.378 e. The molecule has 0 fully saturated rings. The molecule has 18 heavy (non-hydrogen) atoms. The van der Waals surface area contributed by atoms with E-state index in [1.165, 1.54) is 26.4 Å². The Bertz CT molecular complexity index is 394. The van der Waals surface area contributed by atoms with Gasteiger partial charge >= 0.3 is 6.18 Å². The third kappa shape index (κ3) is 3.76. The lowest BCUT2D eigenvalue weighted by Crippen LogP contribution is -2.25. The summed E-state index contributed by atoms with van der Waals surface area (Å²) in [4.78, 5) is 0. The van der Waals surface area contributed by atoms with Gasteiger partial charge in [0.1, 0.15) is 0 Å². The van der Waals surface area contributed by atoms with Crippen LogP contribution in [0.5, 0.6) is 0 Å². The Kier molecular flexibility index (Phi) is 5.25. The highest BCUT2D eigenvalue weighted by molar-refractivity contribution is 6.33. The van der Waals surface area contributed by atoms with Crippen LogP contribution in [0.2, 0.25) is 5.02 Å². The van der Waals surface area contributed by atoms with Crippen LogP contribution in [0.15, 0.2) is 18.2 Å². The number of alkyl halides is 3. The second-order valence-corrected chi connectivity index (χ2v) is 3.85. The van der Waals surface area contributed by atoms with E-state index in [4.69, 9.17) is 21.1 Å². The van der Waals surface area contributed by atoms with Crippen LogP contribution in [0.25, 0.3) is 0 Å². The summed E-state index contributed by atoms with van der Waals surface area (Å²) < 4.78 is 48.0. The predicted molar refractivity (Wildman–Crippen MR) is 62.7 cm³/mol. The molecular formula is C11H13ClF3NO2. The first-order valence-corrected chi connectivity index (χ1v) is 5.43. The molecule has 0 amide bonds. The molecule has 0 radical (unpaired) electrons. The van der Waals surface area contributed by atoms with E-state index in [0.717, 1.165) is 6.07 Å². The van der Waals surface area contributed by atoms with Crippen molar-refractivity contribution in [2.45, 2.75) is 12.5 Å². The van der Waals surface area contributed by atoms with Crippen LogP contribution >= 0.6 is 11.6 Å². The SMILES string of the molecule is COC(CNc1c(Cl)cccc1C(F)(F)F)OC. The highest BCUT2D eigenvalue weighted by atomic mass is 35.5. The minimum absolute atomic E-state index is 0.00391. The lowest BCUT2D eigenvalue weighted by Gasteiger charge is -2.19. The van der Waals surface area contributed by atoms with Crippen molar-refractivity contribution < 1.29 is 22.6 Å². The molecular weight excluding hydrogens is 271 g/mol. The van der Waals surface area contributed by atoms with Gasteiger partial charge in [0.2, 0.25) is 0 Å². The van der Waals surface area contributed by atoms with E-state index in [1.807, 2.05) is 0 Å². The zero-order valence-electron chi connectivity index (χ0n) is 9.84. The van der Waals surface area contributed by atoms with E-state index in [9.17, 15) is 13.2 Å². The quantitative estimate of drug-likeness (QED) is 0.840. The number of nitrogens with one attached hydrogen (secondary N) is 1. The van der Waals surface area contributed by atoms with Crippen molar-refractivity contribution in [1.29, 1.82) is 0 Å². The third-order valence-corrected chi connectivity index (χ3v) is 2.61. The number of anilines is 1. The van der Waals surface area contributed by atoms with Gasteiger partial charge in [0.25, 0.3) is 0 Å². The fourth-order valence-electron chi connectivity index (χ4n) is 1.39. The Morgan fingerprint density at radius 3 is 2.39 bits per heavy atom. The monoisotopic (exact) mass is 283 g/mol. The Labute approximate surface area is 108 Å². The fourth-order valence-corrected chi connectivity index (χ4v) is 1.63. The summed E-state index contributed by atoms with van der Waals surface area (Å²) in [5.74, 6) is 0. The Hall–Kier alpha value is -0.980. The smallest absolute Gasteiger partial charge is 0.378 e. The fraction of sp³-hybridized carbons (Fsp3) is 0.455. The first kappa shape index (κ1) is 15.1. The molecule has 0 saturated carbocycles. The van der Waals surface area contributed by atoms with Crippen LogP contribution in [-0.2, 0) is 15.7 Å². The number of ether oxygens (including phenoxy) is 2. The molecule has 102 valence electrons. The van der Waals surface area contributed by atoms with E-state index in [0.29, 0.717) is 0 Å². The minimum atomic E-state index is -4.47. The van der Waals surface area contributed by atoms with Gasteiger partial charge in [-0.2, -0.15) is 13.2 Å². The van der Waals surface area contributed by atoms with Crippen LogP contribution in [-0.4, -0.2) is 27.1 Å². The van der Waals surface area contributed by atoms with Crippen molar-refractivity contribution in [3.05, 3.63) is 28.8 Å². The molecule has 0 aromatic heterocycles. The second kappa shape index (κ2) is 6.26. The maximum atomic E-state index is 12.8. The molecule has 1 aromatic rings. The van der Waals surface area contributed by atoms with Crippen LogP contribution in [0.3, 0.4) is 0 Å². The lowest BCUT2D eigenvalue weighted by atomic mass is 10.1. The van der Waals surface area contributed by atoms with Gasteiger partial charge in [-0.1, -0.05) is 17.7 Å². The number of hydrogen-bond donors (Lipinski definition) is 1. The van der Waals surface area contributed by atoms with Crippen molar-refractivity contribution in [2.24, 2.45) is 0 Å². The molecule has 1 N–H and O–H groups in total. The molecule has 1 aromatic carbocycles. The van der Waals surface area contributed by atoms with Crippen LogP contribution in [0.1, 0.15) is 5.56 Å². The van der Waals surface area contributed by atoms with Gasteiger partial charge in [0.15, 0.2) is 6.29 Å². The topological polar surface area (TPSA) is 30.5 Å². The van der Waals surface area contributed by atoms with E-state index < -0.39 is 18.0 Å². The summed E-state index contributed by atoms with van der Waals surface area (Å²) >= 11 is 5.76. The number of rotatable bonds is 5. The Morgan fingerprint density at radius 2 is 1.89 bits per heavy atom. The molecule has 0 aliphatic carbocycles. The van der Waals surface area contributed by atoms with Crippen LogP contribution in [0, 0.1) is 0 Å². The van der Waals surface area contributed by atoms with Crippen molar-refractivity contribution in [1.82, 2.24) is 0 Å². The Morgan fingerprint density at radius 1 is 1.28 bits per heavy atom. The van der Waals surface area contributed by atoms with Crippen molar-refractivity contribution in [3.8, 4) is 0 Å². The normalized spacial score (nSPS) is 11.9. The number of halogens is 4. The van der Waals surface area contributed by atoms with Gasteiger partial charge < -0.3 is 14.8 Å². The van der Waals surface area contributed by atoms with Crippen molar-refractivity contribution in [2.75, 3.05) is 26.1 Å². The zero-order valence-corrected chi connectivity index (χ0v) is 10.6. The first-order chi connectivity index (χ1) is 8.40. The summed E-state index contributed by atoms with van der Waals surface area (Å²) in [6.07, 6.45) is -5.12. The summed E-state index contributed by atoms with van der Waals surface area (Å²) in [7, 11) is 2.79. The molecule has 0 bridgehead atoms. The van der Waals surface area contributed by atoms with Gasteiger partial charge in [-0.25, -0.2) is 0 Å². The highest BCUT2D eigenvalue weighted by Crippen LogP contribution is 2.38. The zero-order chi connectivity index (χ0) is 13.8. The van der Waals surface area contributed by atoms with Gasteiger partial charge in [-0.15, -0.1) is 0 Å². The summed E-state index contributed by atoms with van der Waals surface area (Å²) in [6, 6.07) is 3.59. The molecule has 0 aliphatic rings. The van der Waals surface area contributed by atoms with Gasteiger partial charge in [0.05, 0.1) is 22.8 Å². The summed E-state index contributed by atoms with van der Waals surface area (Å²) in [6.45, 7) is 0.0554. The average molecular weight is 284 g/mol. The number of benzene rings is 1. The van der Waals surface area contributed by atoms with E-state index in [-0.39, 0.29) is 17.3 Å². The summed E-state index contributed by atoms with van der Waals surface area (Å²) in [5.41, 5.74) is -0.994. The summed E-state index contributed by atoms with van der Waals surface area (Å²) in [5, 5.41) is 2.58. The number of hydrogen-bond acceptors (Lipinski definition) is 3. The molecule has 0 spiro atoms. The highest BCUT2D eigenvalue weighted by Gasteiger charge is 2.34. The maximum Gasteiger partial charge on any atom is 0.418 e. The van der Waals surface area contributed by atoms with Gasteiger partial charge in [-0.05, 0) is 12.1 Å². The second-order valence-electron chi connectivity index (χ2n) is 3.44. The van der Waals surface area contributed by atoms with Gasteiger partial charge in [-0.3, -0.25) is 0 Å². The molecule has 7 heteroatoms. The van der Waals surface area contributed by atoms with Crippen molar-refractivity contribution in [3.63, 3.8) is 0 Å². The first-order valence-electron chi connectivity index (χ1n) is 5.05. The molecule has 0 unspecified atom stereocenters. The van der Waals surface area contributed by atoms with Gasteiger partial charge in [0, 0.05) is 14.2 Å². The Balaban J connectivity index is 2.93. The molecule has 0 heterocycles. The molecule has 1 rings (SSSR count). The maximum absolute atomic E-state index is 12.8. The molecule has 0 saturated heterocycles. The van der Waals surface area contributed by atoms with E-state index in [1.54, 1.807) is 0 Å². The number of methoxy groups -OCH3 is 2. The van der Waals surface area contributed by atoms with E-state index >= 15 is 0 Å². The average Bonchev–Trinajstić information content (AvgIpc) is 2.30. The molecule has 3 nitrogen and oxygen atoms in total. The number of para-hydroxylation sites is 1. The molecule has 0 atom stereocenters. The standard InChI is InChI=1S/C11H13ClF3NO2/c1-17-9(18-2)6-16-10-7(11(13,14)15)4-3-5-8(10)12/h3-5,9,16H,6H2,1-2H3. The van der Waals surface area contributed by atoms with Crippen LogP contribution in [0.4, 0.5) is 18.9 Å². The van der Waals surface area contributed by atoms with Crippen molar-refractivity contribution >= 4 is 17.3 Å². The lowest BCUT2D eigenvalue weighted by molar-refractivity contribution is -0.137. The van der Waals surface area contributed by atoms with E-state index in [2.05, 4.69) is 5.32 Å². The third-order valence-electron chi connectivity index (χ3n) is 2.29. The largest absolute Gasteiger partial charge is 0.418 e.